The van der Waals surface area contributed by atoms with Crippen LogP contribution in [0.1, 0.15) is 5.56 Å². The molecule has 0 N–H and O–H groups in total. The van der Waals surface area contributed by atoms with Crippen molar-refractivity contribution < 1.29 is 13.2 Å². The molecule has 0 fully saturated rings. The lowest BCUT2D eigenvalue weighted by Gasteiger charge is -2.13. The minimum absolute atomic E-state index is 0.474. The average molecular weight is 299 g/mol. The largest absolute Gasteiger partial charge is 0.417 e. The van der Waals surface area contributed by atoms with Crippen molar-refractivity contribution >= 4 is 0 Å². The van der Waals surface area contributed by atoms with Gasteiger partial charge in [0.05, 0.1) is 11.3 Å². The molecule has 0 aliphatic carbocycles. The van der Waals surface area contributed by atoms with E-state index in [1.807, 2.05) is 36.4 Å². The first-order valence-corrected chi connectivity index (χ1v) is 6.74. The van der Waals surface area contributed by atoms with Crippen molar-refractivity contribution in [2.45, 2.75) is 6.18 Å². The highest BCUT2D eigenvalue weighted by Crippen LogP contribution is 2.36. The van der Waals surface area contributed by atoms with Crippen LogP contribution in [0.4, 0.5) is 13.2 Å². The Morgan fingerprint density at radius 1 is 0.727 bits per heavy atom. The minimum atomic E-state index is -4.41. The van der Waals surface area contributed by atoms with E-state index < -0.39 is 11.7 Å². The Bertz CT molecular complexity index is 765. The summed E-state index contributed by atoms with van der Waals surface area (Å²) in [6.45, 7) is 0. The third-order valence-electron chi connectivity index (χ3n) is 3.35. The van der Waals surface area contributed by atoms with E-state index in [0.717, 1.165) is 17.8 Å². The van der Waals surface area contributed by atoms with Crippen LogP contribution in [0.15, 0.2) is 72.9 Å². The fraction of sp³-hybridized carbons (Fsp3) is 0.0556. The van der Waals surface area contributed by atoms with Gasteiger partial charge in [-0.15, -0.1) is 0 Å². The first-order chi connectivity index (χ1) is 10.6. The molecule has 0 bridgehead atoms. The van der Waals surface area contributed by atoms with Crippen molar-refractivity contribution in [1.29, 1.82) is 0 Å². The number of halogens is 3. The second-order valence-corrected chi connectivity index (χ2v) is 4.85. The first kappa shape index (κ1) is 14.3. The molecule has 1 nitrogen and oxygen atoms in total. The number of pyridine rings is 1. The first-order valence-electron chi connectivity index (χ1n) is 6.74. The molecular weight excluding hydrogens is 287 g/mol. The Labute approximate surface area is 126 Å². The van der Waals surface area contributed by atoms with Crippen LogP contribution < -0.4 is 0 Å². The quantitative estimate of drug-likeness (QED) is 0.614. The van der Waals surface area contributed by atoms with Gasteiger partial charge >= 0.3 is 6.18 Å². The van der Waals surface area contributed by atoms with Gasteiger partial charge in [-0.05, 0) is 11.6 Å². The van der Waals surface area contributed by atoms with Crippen LogP contribution in [0.25, 0.3) is 22.4 Å². The van der Waals surface area contributed by atoms with Crippen molar-refractivity contribution in [2.24, 2.45) is 0 Å². The molecule has 1 heterocycles. The third-order valence-corrected chi connectivity index (χ3v) is 3.35. The number of hydrogen-bond donors (Lipinski definition) is 0. The van der Waals surface area contributed by atoms with Crippen LogP contribution in [0.2, 0.25) is 0 Å². The SMILES string of the molecule is FC(F)(F)c1cnc(-c2ccccc2)c(-c2ccccc2)c1. The van der Waals surface area contributed by atoms with Gasteiger partial charge in [0.25, 0.3) is 0 Å². The second-order valence-electron chi connectivity index (χ2n) is 4.85. The molecule has 22 heavy (non-hydrogen) atoms. The highest BCUT2D eigenvalue weighted by molar-refractivity contribution is 5.81. The van der Waals surface area contributed by atoms with Gasteiger partial charge in [-0.1, -0.05) is 60.7 Å². The van der Waals surface area contributed by atoms with Crippen LogP contribution in [0.5, 0.6) is 0 Å². The van der Waals surface area contributed by atoms with Crippen molar-refractivity contribution in [3.63, 3.8) is 0 Å². The smallest absolute Gasteiger partial charge is 0.255 e. The lowest BCUT2D eigenvalue weighted by molar-refractivity contribution is -0.137. The van der Waals surface area contributed by atoms with Gasteiger partial charge < -0.3 is 0 Å². The van der Waals surface area contributed by atoms with E-state index >= 15 is 0 Å². The maximum atomic E-state index is 13.0. The maximum absolute atomic E-state index is 13.0. The number of hydrogen-bond acceptors (Lipinski definition) is 1. The molecule has 0 spiro atoms. The number of alkyl halides is 3. The molecule has 3 aromatic rings. The van der Waals surface area contributed by atoms with Crippen LogP contribution in [-0.2, 0) is 6.18 Å². The molecule has 4 heteroatoms. The lowest BCUT2D eigenvalue weighted by atomic mass is 9.98. The summed E-state index contributed by atoms with van der Waals surface area (Å²) in [4.78, 5) is 4.07. The van der Waals surface area contributed by atoms with Crippen LogP contribution >= 0.6 is 0 Å². The summed E-state index contributed by atoms with van der Waals surface area (Å²) >= 11 is 0. The van der Waals surface area contributed by atoms with Crippen LogP contribution in [0.3, 0.4) is 0 Å². The summed E-state index contributed by atoms with van der Waals surface area (Å²) < 4.78 is 38.9. The van der Waals surface area contributed by atoms with E-state index in [-0.39, 0.29) is 0 Å². The predicted octanol–water partition coefficient (Wildman–Crippen LogP) is 5.43. The van der Waals surface area contributed by atoms with E-state index in [2.05, 4.69) is 4.98 Å². The summed E-state index contributed by atoms with van der Waals surface area (Å²) in [7, 11) is 0. The predicted molar refractivity (Wildman–Crippen MR) is 80.1 cm³/mol. The van der Waals surface area contributed by atoms with Crippen molar-refractivity contribution in [2.75, 3.05) is 0 Å². The van der Waals surface area contributed by atoms with Gasteiger partial charge in [0.15, 0.2) is 0 Å². The van der Waals surface area contributed by atoms with Crippen LogP contribution in [0, 0.1) is 0 Å². The average Bonchev–Trinajstić information content (AvgIpc) is 2.55. The molecule has 110 valence electrons. The van der Waals surface area contributed by atoms with Gasteiger partial charge in [-0.3, -0.25) is 4.98 Å². The zero-order valence-corrected chi connectivity index (χ0v) is 11.5. The highest BCUT2D eigenvalue weighted by Gasteiger charge is 2.31. The lowest BCUT2D eigenvalue weighted by Crippen LogP contribution is -2.06. The fourth-order valence-electron chi connectivity index (χ4n) is 2.28. The number of benzene rings is 2. The van der Waals surface area contributed by atoms with Gasteiger partial charge in [0.1, 0.15) is 0 Å². The number of nitrogens with zero attached hydrogens (tertiary/aromatic N) is 1. The highest BCUT2D eigenvalue weighted by atomic mass is 19.4. The molecule has 2 aromatic carbocycles. The fourth-order valence-corrected chi connectivity index (χ4v) is 2.28. The van der Waals surface area contributed by atoms with Crippen molar-refractivity contribution in [3.8, 4) is 22.4 Å². The number of aromatic nitrogens is 1. The van der Waals surface area contributed by atoms with E-state index in [1.165, 1.54) is 0 Å². The molecule has 0 radical (unpaired) electrons. The zero-order valence-electron chi connectivity index (χ0n) is 11.5. The maximum Gasteiger partial charge on any atom is 0.417 e. The summed E-state index contributed by atoms with van der Waals surface area (Å²) in [6.07, 6.45) is -3.53. The minimum Gasteiger partial charge on any atom is -0.255 e. The second kappa shape index (κ2) is 5.64. The Balaban J connectivity index is 2.23. The molecule has 0 saturated carbocycles. The molecule has 1 aromatic heterocycles. The molecular formula is C18H12F3N. The molecule has 3 rings (SSSR count). The Hall–Kier alpha value is -2.62. The van der Waals surface area contributed by atoms with E-state index in [1.54, 1.807) is 24.3 Å². The topological polar surface area (TPSA) is 12.9 Å². The molecule has 0 saturated heterocycles. The Morgan fingerprint density at radius 2 is 1.27 bits per heavy atom. The summed E-state index contributed by atoms with van der Waals surface area (Å²) in [5.41, 5.74) is 1.77. The normalized spacial score (nSPS) is 11.4. The van der Waals surface area contributed by atoms with Gasteiger partial charge in [-0.2, -0.15) is 13.2 Å². The van der Waals surface area contributed by atoms with Gasteiger partial charge in [-0.25, -0.2) is 0 Å². The van der Waals surface area contributed by atoms with Crippen LogP contribution in [-0.4, -0.2) is 4.98 Å². The third kappa shape index (κ3) is 2.86. The van der Waals surface area contributed by atoms with E-state index in [4.69, 9.17) is 0 Å². The van der Waals surface area contributed by atoms with Crippen molar-refractivity contribution in [3.05, 3.63) is 78.5 Å². The molecule has 0 unspecified atom stereocenters. The number of rotatable bonds is 2. The molecule has 0 atom stereocenters. The van der Waals surface area contributed by atoms with Gasteiger partial charge in [0.2, 0.25) is 0 Å². The monoisotopic (exact) mass is 299 g/mol. The summed E-state index contributed by atoms with van der Waals surface area (Å²) in [6, 6.07) is 19.3. The van der Waals surface area contributed by atoms with Crippen molar-refractivity contribution in [1.82, 2.24) is 4.98 Å². The molecule has 0 amide bonds. The van der Waals surface area contributed by atoms with Gasteiger partial charge in [0, 0.05) is 17.3 Å². The Kier molecular flexibility index (Phi) is 3.67. The molecule has 0 aliphatic heterocycles. The summed E-state index contributed by atoms with van der Waals surface area (Å²) in [5, 5.41) is 0. The Morgan fingerprint density at radius 3 is 1.82 bits per heavy atom. The standard InChI is InChI=1S/C18H12F3N/c19-18(20,21)15-11-16(13-7-3-1-4-8-13)17(22-12-15)14-9-5-2-6-10-14/h1-12H. The zero-order chi connectivity index (χ0) is 15.6. The summed E-state index contributed by atoms with van der Waals surface area (Å²) in [5.74, 6) is 0. The van der Waals surface area contributed by atoms with E-state index in [9.17, 15) is 13.2 Å². The van der Waals surface area contributed by atoms with E-state index in [0.29, 0.717) is 16.8 Å². The molecule has 0 aliphatic rings.